The lowest BCUT2D eigenvalue weighted by molar-refractivity contribution is 0.379. The Morgan fingerprint density at radius 2 is 1.80 bits per heavy atom. The lowest BCUT2D eigenvalue weighted by atomic mass is 9.97. The highest BCUT2D eigenvalue weighted by Gasteiger charge is 2.08. The molecule has 0 aromatic carbocycles. The van der Waals surface area contributed by atoms with Crippen LogP contribution in [0.3, 0.4) is 0 Å². The van der Waals surface area contributed by atoms with Gasteiger partial charge in [0.2, 0.25) is 0 Å². The third kappa shape index (κ3) is 9.53. The highest BCUT2D eigenvalue weighted by Crippen LogP contribution is 2.09. The van der Waals surface area contributed by atoms with Gasteiger partial charge in [0.25, 0.3) is 0 Å². The van der Waals surface area contributed by atoms with Crippen molar-refractivity contribution in [3.8, 4) is 0 Å². The molecule has 3 N–H and O–H groups in total. The van der Waals surface area contributed by atoms with E-state index in [4.69, 9.17) is 5.41 Å². The monoisotopic (exact) mass is 214 g/mol. The van der Waals surface area contributed by atoms with Crippen molar-refractivity contribution in [1.82, 2.24) is 15.5 Å². The molecule has 90 valence electrons. The second kappa shape index (κ2) is 6.67. The van der Waals surface area contributed by atoms with Crippen LogP contribution < -0.4 is 10.6 Å². The van der Waals surface area contributed by atoms with Crippen molar-refractivity contribution in [2.45, 2.75) is 27.2 Å². The normalized spacial score (nSPS) is 11.3. The van der Waals surface area contributed by atoms with Crippen molar-refractivity contribution >= 4 is 5.96 Å². The van der Waals surface area contributed by atoms with Crippen molar-refractivity contribution < 1.29 is 0 Å². The minimum absolute atomic E-state index is 0.351. The molecule has 0 aromatic heterocycles. The van der Waals surface area contributed by atoms with E-state index in [0.717, 1.165) is 26.1 Å². The lowest BCUT2D eigenvalue weighted by Gasteiger charge is -2.19. The van der Waals surface area contributed by atoms with Crippen LogP contribution in [-0.2, 0) is 0 Å². The molecule has 0 rings (SSSR count). The number of nitrogens with one attached hydrogen (secondary N) is 3. The number of hydrogen-bond donors (Lipinski definition) is 3. The first-order chi connectivity index (χ1) is 6.83. The average molecular weight is 214 g/mol. The first-order valence-electron chi connectivity index (χ1n) is 5.53. The molecule has 4 heteroatoms. The Bertz CT molecular complexity index is 182. The molecule has 0 unspecified atom stereocenters. The maximum absolute atomic E-state index is 7.52. The molecule has 4 nitrogen and oxygen atoms in total. The highest BCUT2D eigenvalue weighted by molar-refractivity contribution is 5.75. The zero-order chi connectivity index (χ0) is 11.9. The molecule has 0 saturated carbocycles. The molecule has 0 bridgehead atoms. The summed E-state index contributed by atoms with van der Waals surface area (Å²) in [5.74, 6) is 0.478. The maximum atomic E-state index is 7.52. The van der Waals surface area contributed by atoms with Crippen molar-refractivity contribution in [3.05, 3.63) is 0 Å². The van der Waals surface area contributed by atoms with E-state index in [-0.39, 0.29) is 0 Å². The minimum Gasteiger partial charge on any atom is -0.356 e. The van der Waals surface area contributed by atoms with Crippen LogP contribution in [0.25, 0.3) is 0 Å². The van der Waals surface area contributed by atoms with Crippen molar-refractivity contribution in [2.24, 2.45) is 5.41 Å². The molecule has 0 saturated heterocycles. The van der Waals surface area contributed by atoms with Gasteiger partial charge in [0, 0.05) is 20.6 Å². The average Bonchev–Trinajstić information content (AvgIpc) is 2.08. The first-order valence-corrected chi connectivity index (χ1v) is 5.53. The molecule has 0 amide bonds. The predicted octanol–water partition coefficient (Wildman–Crippen LogP) is 1.10. The van der Waals surface area contributed by atoms with Gasteiger partial charge in [-0.1, -0.05) is 20.8 Å². The van der Waals surface area contributed by atoms with E-state index >= 15 is 0 Å². The number of guanidine groups is 1. The SMILES string of the molecule is CN(C)C(=N)NCCCNCC(C)(C)C. The van der Waals surface area contributed by atoms with Crippen LogP contribution >= 0.6 is 0 Å². The van der Waals surface area contributed by atoms with Crippen molar-refractivity contribution in [2.75, 3.05) is 33.7 Å². The Balaban J connectivity index is 3.30. The fraction of sp³-hybridized carbons (Fsp3) is 0.909. The Morgan fingerprint density at radius 1 is 1.20 bits per heavy atom. The van der Waals surface area contributed by atoms with Gasteiger partial charge >= 0.3 is 0 Å². The summed E-state index contributed by atoms with van der Waals surface area (Å²) in [7, 11) is 3.74. The van der Waals surface area contributed by atoms with Crippen molar-refractivity contribution in [3.63, 3.8) is 0 Å². The minimum atomic E-state index is 0.351. The van der Waals surface area contributed by atoms with E-state index in [1.165, 1.54) is 0 Å². The van der Waals surface area contributed by atoms with Gasteiger partial charge in [0.15, 0.2) is 5.96 Å². The van der Waals surface area contributed by atoms with Crippen LogP contribution in [0.15, 0.2) is 0 Å². The van der Waals surface area contributed by atoms with E-state index in [1.54, 1.807) is 4.90 Å². The summed E-state index contributed by atoms with van der Waals surface area (Å²) in [6, 6.07) is 0. The number of nitrogens with zero attached hydrogens (tertiary/aromatic N) is 1. The van der Waals surface area contributed by atoms with E-state index in [9.17, 15) is 0 Å². The van der Waals surface area contributed by atoms with Gasteiger partial charge in [-0.15, -0.1) is 0 Å². The van der Waals surface area contributed by atoms with Gasteiger partial charge in [0.1, 0.15) is 0 Å². The van der Waals surface area contributed by atoms with Crippen LogP contribution in [0.1, 0.15) is 27.2 Å². The molecule has 0 spiro atoms. The zero-order valence-electron chi connectivity index (χ0n) is 10.8. The van der Waals surface area contributed by atoms with Gasteiger partial charge in [-0.3, -0.25) is 5.41 Å². The third-order valence-corrected chi connectivity index (χ3v) is 1.93. The van der Waals surface area contributed by atoms with Gasteiger partial charge in [-0.05, 0) is 24.9 Å². The van der Waals surface area contributed by atoms with Crippen LogP contribution in [-0.4, -0.2) is 44.6 Å². The van der Waals surface area contributed by atoms with Crippen LogP contribution in [0.4, 0.5) is 0 Å². The van der Waals surface area contributed by atoms with Crippen LogP contribution in [0, 0.1) is 10.8 Å². The Morgan fingerprint density at radius 3 is 2.27 bits per heavy atom. The third-order valence-electron chi connectivity index (χ3n) is 1.93. The molecule has 0 aliphatic rings. The zero-order valence-corrected chi connectivity index (χ0v) is 10.8. The van der Waals surface area contributed by atoms with Gasteiger partial charge in [-0.25, -0.2) is 0 Å². The van der Waals surface area contributed by atoms with Gasteiger partial charge in [-0.2, -0.15) is 0 Å². The van der Waals surface area contributed by atoms with Gasteiger partial charge in [0.05, 0.1) is 0 Å². The standard InChI is InChI=1S/C11H26N4/c1-11(2,3)9-13-7-6-8-14-10(12)15(4)5/h13H,6-9H2,1-5H3,(H2,12,14). The second-order valence-corrected chi connectivity index (χ2v) is 5.26. The quantitative estimate of drug-likeness (QED) is 0.365. The summed E-state index contributed by atoms with van der Waals surface area (Å²) >= 11 is 0. The molecule has 15 heavy (non-hydrogen) atoms. The van der Waals surface area contributed by atoms with E-state index in [1.807, 2.05) is 14.1 Å². The predicted molar refractivity (Wildman–Crippen MR) is 66.4 cm³/mol. The molecular weight excluding hydrogens is 188 g/mol. The summed E-state index contributed by atoms with van der Waals surface area (Å²) in [5.41, 5.74) is 0.351. The van der Waals surface area contributed by atoms with E-state index in [0.29, 0.717) is 11.4 Å². The van der Waals surface area contributed by atoms with Gasteiger partial charge < -0.3 is 15.5 Å². The second-order valence-electron chi connectivity index (χ2n) is 5.26. The largest absolute Gasteiger partial charge is 0.356 e. The molecule has 0 radical (unpaired) electrons. The molecule has 0 atom stereocenters. The van der Waals surface area contributed by atoms with Crippen molar-refractivity contribution in [1.29, 1.82) is 5.41 Å². The Kier molecular flexibility index (Phi) is 6.32. The topological polar surface area (TPSA) is 51.2 Å². The Hall–Kier alpha value is -0.770. The summed E-state index contributed by atoms with van der Waals surface area (Å²) in [6.45, 7) is 9.57. The molecule has 0 aliphatic carbocycles. The summed E-state index contributed by atoms with van der Waals surface area (Å²) in [5, 5.41) is 14.0. The highest BCUT2D eigenvalue weighted by atomic mass is 15.2. The van der Waals surface area contributed by atoms with E-state index < -0.39 is 0 Å². The Labute approximate surface area is 93.9 Å². The molecule has 0 aromatic rings. The molecule has 0 heterocycles. The summed E-state index contributed by atoms with van der Waals surface area (Å²) < 4.78 is 0. The van der Waals surface area contributed by atoms with Crippen LogP contribution in [0.2, 0.25) is 0 Å². The summed E-state index contributed by atoms with van der Waals surface area (Å²) in [6.07, 6.45) is 1.05. The molecular formula is C11H26N4. The fourth-order valence-electron chi connectivity index (χ4n) is 1.04. The molecule has 0 fully saturated rings. The molecule has 0 aliphatic heterocycles. The fourth-order valence-corrected chi connectivity index (χ4v) is 1.04. The lowest BCUT2D eigenvalue weighted by Crippen LogP contribution is -2.37. The number of hydrogen-bond acceptors (Lipinski definition) is 2. The van der Waals surface area contributed by atoms with E-state index in [2.05, 4.69) is 31.4 Å². The maximum Gasteiger partial charge on any atom is 0.190 e. The summed E-state index contributed by atoms with van der Waals surface area (Å²) in [4.78, 5) is 1.77. The first kappa shape index (κ1) is 14.2. The smallest absolute Gasteiger partial charge is 0.190 e. The number of rotatable bonds is 5. The van der Waals surface area contributed by atoms with Crippen LogP contribution in [0.5, 0.6) is 0 Å².